The zero-order valence-corrected chi connectivity index (χ0v) is 21.8. The molecule has 3 N–H and O–H groups in total. The highest BCUT2D eigenvalue weighted by molar-refractivity contribution is 4.77. The molecule has 4 unspecified atom stereocenters. The van der Waals surface area contributed by atoms with Gasteiger partial charge < -0.3 is 16.0 Å². The first-order valence-corrected chi connectivity index (χ1v) is 12.8. The molecule has 0 rings (SSSR count). The van der Waals surface area contributed by atoms with Gasteiger partial charge in [-0.05, 0) is 89.1 Å². The number of nitrogens with one attached hydrogen (secondary N) is 3. The molecule has 0 heterocycles. The van der Waals surface area contributed by atoms with Crippen molar-refractivity contribution in [1.29, 1.82) is 0 Å². The van der Waals surface area contributed by atoms with Crippen LogP contribution in [-0.4, -0.2) is 37.3 Å². The van der Waals surface area contributed by atoms with Gasteiger partial charge in [0, 0.05) is 24.2 Å². The lowest BCUT2D eigenvalue weighted by molar-refractivity contribution is 0.309. The van der Waals surface area contributed by atoms with Gasteiger partial charge in [0.05, 0.1) is 0 Å². The standard InChI is InChI=1S/C26H57N3/c1-19(2)11-13-25(21(5)6)28-23(9)15-17-27-18-16-24(10)29-26(22(7)8)14-12-20(3)4/h19-29H,11-18H2,1-10H3. The Morgan fingerprint density at radius 1 is 0.448 bits per heavy atom. The molecule has 4 atom stereocenters. The van der Waals surface area contributed by atoms with Crippen LogP contribution >= 0.6 is 0 Å². The minimum Gasteiger partial charge on any atom is -0.317 e. The highest BCUT2D eigenvalue weighted by Gasteiger charge is 2.17. The summed E-state index contributed by atoms with van der Waals surface area (Å²) in [4.78, 5) is 0. The van der Waals surface area contributed by atoms with Crippen LogP contribution in [0.2, 0.25) is 0 Å². The molecule has 0 aromatic carbocycles. The topological polar surface area (TPSA) is 36.1 Å². The summed E-state index contributed by atoms with van der Waals surface area (Å²) in [7, 11) is 0. The fourth-order valence-corrected chi connectivity index (χ4v) is 3.90. The lowest BCUT2D eigenvalue weighted by Crippen LogP contribution is -2.42. The lowest BCUT2D eigenvalue weighted by atomic mass is 9.94. The van der Waals surface area contributed by atoms with Crippen molar-refractivity contribution < 1.29 is 0 Å². The van der Waals surface area contributed by atoms with E-state index in [1.165, 1.54) is 38.5 Å². The Labute approximate surface area is 185 Å². The molecule has 0 saturated heterocycles. The van der Waals surface area contributed by atoms with E-state index in [-0.39, 0.29) is 0 Å². The first-order valence-electron chi connectivity index (χ1n) is 12.8. The van der Waals surface area contributed by atoms with Crippen LogP contribution < -0.4 is 16.0 Å². The zero-order valence-electron chi connectivity index (χ0n) is 21.8. The van der Waals surface area contributed by atoms with Crippen molar-refractivity contribution >= 4 is 0 Å². The van der Waals surface area contributed by atoms with E-state index >= 15 is 0 Å². The molecule has 176 valence electrons. The summed E-state index contributed by atoms with van der Waals surface area (Å²) < 4.78 is 0. The Morgan fingerprint density at radius 2 is 0.793 bits per heavy atom. The second-order valence-corrected chi connectivity index (χ2v) is 11.1. The summed E-state index contributed by atoms with van der Waals surface area (Å²) in [6.07, 6.45) is 7.64. The Bertz CT molecular complexity index is 331. The van der Waals surface area contributed by atoms with Crippen LogP contribution in [-0.2, 0) is 0 Å². The van der Waals surface area contributed by atoms with E-state index in [0.29, 0.717) is 36.0 Å². The molecular formula is C26H57N3. The summed E-state index contributed by atoms with van der Waals surface area (Å²) >= 11 is 0. The summed E-state index contributed by atoms with van der Waals surface area (Å²) in [5.74, 6) is 3.01. The average Bonchev–Trinajstić information content (AvgIpc) is 2.60. The largest absolute Gasteiger partial charge is 0.317 e. The zero-order chi connectivity index (χ0) is 22.4. The van der Waals surface area contributed by atoms with Gasteiger partial charge in [-0.15, -0.1) is 0 Å². The molecule has 0 spiro atoms. The number of rotatable bonds is 18. The highest BCUT2D eigenvalue weighted by atomic mass is 15.0. The van der Waals surface area contributed by atoms with Crippen molar-refractivity contribution in [2.24, 2.45) is 23.7 Å². The van der Waals surface area contributed by atoms with Gasteiger partial charge in [-0.2, -0.15) is 0 Å². The molecule has 29 heavy (non-hydrogen) atoms. The molecule has 0 aliphatic rings. The highest BCUT2D eigenvalue weighted by Crippen LogP contribution is 2.15. The van der Waals surface area contributed by atoms with Crippen LogP contribution in [0.15, 0.2) is 0 Å². The van der Waals surface area contributed by atoms with Gasteiger partial charge in [0.1, 0.15) is 0 Å². The van der Waals surface area contributed by atoms with Crippen molar-refractivity contribution in [3.05, 3.63) is 0 Å². The van der Waals surface area contributed by atoms with E-state index in [4.69, 9.17) is 0 Å². The fraction of sp³-hybridized carbons (Fsp3) is 1.00. The van der Waals surface area contributed by atoms with Crippen LogP contribution in [0, 0.1) is 23.7 Å². The third-order valence-corrected chi connectivity index (χ3v) is 6.22. The van der Waals surface area contributed by atoms with E-state index in [1.54, 1.807) is 0 Å². The van der Waals surface area contributed by atoms with E-state index in [2.05, 4.69) is 85.2 Å². The molecule has 0 saturated carbocycles. The van der Waals surface area contributed by atoms with Crippen LogP contribution in [0.3, 0.4) is 0 Å². The van der Waals surface area contributed by atoms with Gasteiger partial charge in [0.2, 0.25) is 0 Å². The quantitative estimate of drug-likeness (QED) is 0.234. The first kappa shape index (κ1) is 28.9. The van der Waals surface area contributed by atoms with Crippen molar-refractivity contribution in [2.45, 2.75) is 132 Å². The minimum atomic E-state index is 0.582. The summed E-state index contributed by atoms with van der Waals surface area (Å²) in [6, 6.07) is 2.46. The third-order valence-electron chi connectivity index (χ3n) is 6.22. The molecule has 0 aliphatic heterocycles. The molecule has 0 aliphatic carbocycles. The van der Waals surface area contributed by atoms with Gasteiger partial charge in [0.25, 0.3) is 0 Å². The predicted molar refractivity (Wildman–Crippen MR) is 133 cm³/mol. The summed E-state index contributed by atoms with van der Waals surface area (Å²) in [5.41, 5.74) is 0. The normalized spacial score (nSPS) is 16.8. The maximum Gasteiger partial charge on any atom is 0.00926 e. The van der Waals surface area contributed by atoms with E-state index < -0.39 is 0 Å². The predicted octanol–water partition coefficient (Wildman–Crippen LogP) is 6.23. The second kappa shape index (κ2) is 16.6. The minimum absolute atomic E-state index is 0.582. The van der Waals surface area contributed by atoms with Crippen molar-refractivity contribution in [3.63, 3.8) is 0 Å². The van der Waals surface area contributed by atoms with Crippen molar-refractivity contribution in [3.8, 4) is 0 Å². The smallest absolute Gasteiger partial charge is 0.00926 e. The van der Waals surface area contributed by atoms with Crippen molar-refractivity contribution in [2.75, 3.05) is 13.1 Å². The number of hydrogen-bond acceptors (Lipinski definition) is 3. The van der Waals surface area contributed by atoms with Crippen LogP contribution in [0.5, 0.6) is 0 Å². The number of hydrogen-bond donors (Lipinski definition) is 3. The molecule has 0 aromatic rings. The SMILES string of the molecule is CC(C)CCC(NC(C)CCNCCC(C)NC(CCC(C)C)C(C)C)C(C)C. The van der Waals surface area contributed by atoms with Crippen LogP contribution in [0.1, 0.15) is 108 Å². The Balaban J connectivity index is 4.02. The fourth-order valence-electron chi connectivity index (χ4n) is 3.90. The summed E-state index contributed by atoms with van der Waals surface area (Å²) in [5, 5.41) is 11.4. The monoisotopic (exact) mass is 411 g/mol. The molecule has 0 aromatic heterocycles. The van der Waals surface area contributed by atoms with Crippen LogP contribution in [0.4, 0.5) is 0 Å². The van der Waals surface area contributed by atoms with Gasteiger partial charge in [-0.1, -0.05) is 55.4 Å². The van der Waals surface area contributed by atoms with Crippen LogP contribution in [0.25, 0.3) is 0 Å². The second-order valence-electron chi connectivity index (χ2n) is 11.1. The molecule has 3 nitrogen and oxygen atoms in total. The third kappa shape index (κ3) is 16.3. The molecule has 0 amide bonds. The molecule has 0 bridgehead atoms. The van der Waals surface area contributed by atoms with Gasteiger partial charge >= 0.3 is 0 Å². The van der Waals surface area contributed by atoms with E-state index in [1.807, 2.05) is 0 Å². The summed E-state index contributed by atoms with van der Waals surface area (Å²) in [6.45, 7) is 25.6. The van der Waals surface area contributed by atoms with E-state index in [0.717, 1.165) is 24.9 Å². The van der Waals surface area contributed by atoms with Gasteiger partial charge in [0.15, 0.2) is 0 Å². The molecule has 3 heteroatoms. The maximum absolute atomic E-state index is 3.88. The molecule has 0 fully saturated rings. The molecule has 0 radical (unpaired) electrons. The van der Waals surface area contributed by atoms with Gasteiger partial charge in [-0.25, -0.2) is 0 Å². The Kier molecular flexibility index (Phi) is 16.5. The van der Waals surface area contributed by atoms with E-state index in [9.17, 15) is 0 Å². The van der Waals surface area contributed by atoms with Crippen molar-refractivity contribution in [1.82, 2.24) is 16.0 Å². The maximum atomic E-state index is 3.88. The first-order chi connectivity index (χ1) is 13.5. The average molecular weight is 412 g/mol. The van der Waals surface area contributed by atoms with Gasteiger partial charge in [-0.3, -0.25) is 0 Å². The Morgan fingerprint density at radius 3 is 1.07 bits per heavy atom. The molecular weight excluding hydrogens is 354 g/mol. The lowest BCUT2D eigenvalue weighted by Gasteiger charge is -2.28. The Hall–Kier alpha value is -0.120.